The Morgan fingerprint density at radius 3 is 2.25 bits per heavy atom. The molecule has 0 saturated heterocycles. The summed E-state index contributed by atoms with van der Waals surface area (Å²) in [6, 6.07) is 7.61. The number of amides is 1. The fraction of sp³-hybridized carbons (Fsp3) is 0.579. The Bertz CT molecular complexity index is 497. The van der Waals surface area contributed by atoms with Gasteiger partial charge in [0.05, 0.1) is 6.54 Å². The summed E-state index contributed by atoms with van der Waals surface area (Å²) < 4.78 is 0. The highest BCUT2D eigenvalue weighted by Gasteiger charge is 2.03. The van der Waals surface area contributed by atoms with Crippen LogP contribution in [0.2, 0.25) is 0 Å². The van der Waals surface area contributed by atoms with Gasteiger partial charge in [-0.25, -0.2) is 4.99 Å². The molecular weight excluding hydrogens is 300 g/mol. The van der Waals surface area contributed by atoms with E-state index < -0.39 is 0 Å². The number of carbonyl (C=O) groups excluding carboxylic acids is 1. The van der Waals surface area contributed by atoms with Crippen molar-refractivity contribution in [3.8, 4) is 0 Å². The van der Waals surface area contributed by atoms with Crippen molar-refractivity contribution in [1.29, 1.82) is 0 Å². The van der Waals surface area contributed by atoms with Crippen LogP contribution in [-0.2, 0) is 6.54 Å². The molecule has 1 rings (SSSR count). The molecule has 0 aromatic heterocycles. The molecule has 0 saturated carbocycles. The third-order valence-electron chi connectivity index (χ3n) is 3.64. The molecule has 0 fully saturated rings. The second-order valence-electron chi connectivity index (χ2n) is 5.74. The van der Waals surface area contributed by atoms with Crippen LogP contribution >= 0.6 is 0 Å². The molecule has 0 unspecified atom stereocenters. The van der Waals surface area contributed by atoms with Crippen molar-refractivity contribution in [2.45, 2.75) is 53.0 Å². The SMILES string of the molecule is CCCCCCNC(=NCc1ccc(C(=O)NCC)cc1)NCC. The maximum atomic E-state index is 11.7. The lowest BCUT2D eigenvalue weighted by molar-refractivity contribution is 0.0956. The number of guanidine groups is 1. The summed E-state index contributed by atoms with van der Waals surface area (Å²) in [7, 11) is 0. The smallest absolute Gasteiger partial charge is 0.251 e. The van der Waals surface area contributed by atoms with Gasteiger partial charge in [0, 0.05) is 25.2 Å². The molecule has 3 N–H and O–H groups in total. The Morgan fingerprint density at radius 2 is 1.62 bits per heavy atom. The minimum Gasteiger partial charge on any atom is -0.357 e. The van der Waals surface area contributed by atoms with Crippen molar-refractivity contribution in [1.82, 2.24) is 16.0 Å². The molecule has 1 amide bonds. The lowest BCUT2D eigenvalue weighted by Crippen LogP contribution is -2.37. The van der Waals surface area contributed by atoms with E-state index in [9.17, 15) is 4.79 Å². The molecule has 134 valence electrons. The fourth-order valence-corrected chi connectivity index (χ4v) is 2.29. The van der Waals surface area contributed by atoms with Crippen molar-refractivity contribution in [2.24, 2.45) is 4.99 Å². The van der Waals surface area contributed by atoms with Crippen LogP contribution in [-0.4, -0.2) is 31.5 Å². The first-order chi connectivity index (χ1) is 11.7. The van der Waals surface area contributed by atoms with E-state index in [0.717, 1.165) is 24.6 Å². The number of hydrogen-bond donors (Lipinski definition) is 3. The van der Waals surface area contributed by atoms with Crippen LogP contribution in [0.4, 0.5) is 0 Å². The molecule has 1 aromatic rings. The molecule has 0 spiro atoms. The molecule has 24 heavy (non-hydrogen) atoms. The topological polar surface area (TPSA) is 65.5 Å². The monoisotopic (exact) mass is 332 g/mol. The maximum absolute atomic E-state index is 11.7. The van der Waals surface area contributed by atoms with E-state index in [1.165, 1.54) is 25.7 Å². The van der Waals surface area contributed by atoms with E-state index in [1.54, 1.807) is 0 Å². The first kappa shape index (κ1) is 20.0. The summed E-state index contributed by atoms with van der Waals surface area (Å²) in [4.78, 5) is 16.3. The highest BCUT2D eigenvalue weighted by Crippen LogP contribution is 2.06. The number of carbonyl (C=O) groups is 1. The van der Waals surface area contributed by atoms with Gasteiger partial charge in [0.2, 0.25) is 0 Å². The highest BCUT2D eigenvalue weighted by molar-refractivity contribution is 5.94. The van der Waals surface area contributed by atoms with Crippen LogP contribution in [0.15, 0.2) is 29.3 Å². The predicted molar refractivity (Wildman–Crippen MR) is 101 cm³/mol. The van der Waals surface area contributed by atoms with Crippen LogP contribution < -0.4 is 16.0 Å². The number of aliphatic imine (C=N–C) groups is 1. The zero-order chi connectivity index (χ0) is 17.6. The Balaban J connectivity index is 2.51. The molecule has 1 aromatic carbocycles. The summed E-state index contributed by atoms with van der Waals surface area (Å²) in [6.45, 7) is 9.23. The number of hydrogen-bond acceptors (Lipinski definition) is 2. The minimum absolute atomic E-state index is 0.0327. The average molecular weight is 332 g/mol. The van der Waals surface area contributed by atoms with Gasteiger partial charge < -0.3 is 16.0 Å². The van der Waals surface area contributed by atoms with Crippen LogP contribution in [0, 0.1) is 0 Å². The van der Waals surface area contributed by atoms with E-state index >= 15 is 0 Å². The Labute approximate surface area is 146 Å². The Kier molecular flexibility index (Phi) is 10.3. The molecule has 0 aliphatic heterocycles. The van der Waals surface area contributed by atoms with Crippen LogP contribution in [0.25, 0.3) is 0 Å². The largest absolute Gasteiger partial charge is 0.357 e. The zero-order valence-corrected chi connectivity index (χ0v) is 15.3. The first-order valence-corrected chi connectivity index (χ1v) is 9.10. The highest BCUT2D eigenvalue weighted by atomic mass is 16.1. The van der Waals surface area contributed by atoms with E-state index in [2.05, 4.69) is 34.8 Å². The lowest BCUT2D eigenvalue weighted by atomic mass is 10.1. The van der Waals surface area contributed by atoms with Gasteiger partial charge in [0.1, 0.15) is 0 Å². The fourth-order valence-electron chi connectivity index (χ4n) is 2.29. The van der Waals surface area contributed by atoms with Gasteiger partial charge in [-0.3, -0.25) is 4.79 Å². The number of unbranched alkanes of at least 4 members (excludes halogenated alkanes) is 3. The number of nitrogens with zero attached hydrogens (tertiary/aromatic N) is 1. The Hall–Kier alpha value is -2.04. The molecule has 0 radical (unpaired) electrons. The first-order valence-electron chi connectivity index (χ1n) is 9.10. The number of nitrogens with one attached hydrogen (secondary N) is 3. The Morgan fingerprint density at radius 1 is 0.917 bits per heavy atom. The standard InChI is InChI=1S/C19H32N4O/c1-4-7-8-9-14-22-19(21-6-3)23-15-16-10-12-17(13-11-16)18(24)20-5-2/h10-13H,4-9,14-15H2,1-3H3,(H,20,24)(H2,21,22,23). The van der Waals surface area contributed by atoms with Crippen molar-refractivity contribution in [2.75, 3.05) is 19.6 Å². The van der Waals surface area contributed by atoms with Crippen LogP contribution in [0.3, 0.4) is 0 Å². The second-order valence-corrected chi connectivity index (χ2v) is 5.74. The maximum Gasteiger partial charge on any atom is 0.251 e. The lowest BCUT2D eigenvalue weighted by Gasteiger charge is -2.11. The quantitative estimate of drug-likeness (QED) is 0.350. The van der Waals surface area contributed by atoms with Gasteiger partial charge >= 0.3 is 0 Å². The summed E-state index contributed by atoms with van der Waals surface area (Å²) in [5.41, 5.74) is 1.77. The van der Waals surface area contributed by atoms with Gasteiger partial charge in [0.25, 0.3) is 5.91 Å². The van der Waals surface area contributed by atoms with Gasteiger partial charge in [0.15, 0.2) is 5.96 Å². The van der Waals surface area contributed by atoms with Gasteiger partial charge in [-0.1, -0.05) is 38.3 Å². The van der Waals surface area contributed by atoms with Crippen molar-refractivity contribution >= 4 is 11.9 Å². The van der Waals surface area contributed by atoms with Gasteiger partial charge in [-0.2, -0.15) is 0 Å². The van der Waals surface area contributed by atoms with E-state index in [4.69, 9.17) is 0 Å². The van der Waals surface area contributed by atoms with E-state index in [-0.39, 0.29) is 5.91 Å². The predicted octanol–water partition coefficient (Wildman–Crippen LogP) is 3.07. The molecule has 0 heterocycles. The molecule has 0 aliphatic carbocycles. The van der Waals surface area contributed by atoms with Crippen molar-refractivity contribution in [3.05, 3.63) is 35.4 Å². The molecule has 0 aliphatic rings. The van der Waals surface area contributed by atoms with Crippen LogP contribution in [0.5, 0.6) is 0 Å². The molecular formula is C19H32N4O. The van der Waals surface area contributed by atoms with Gasteiger partial charge in [-0.05, 0) is 38.0 Å². The van der Waals surface area contributed by atoms with Gasteiger partial charge in [-0.15, -0.1) is 0 Å². The summed E-state index contributed by atoms with van der Waals surface area (Å²) in [6.07, 6.45) is 4.96. The zero-order valence-electron chi connectivity index (χ0n) is 15.3. The van der Waals surface area contributed by atoms with Crippen molar-refractivity contribution < 1.29 is 4.79 Å². The van der Waals surface area contributed by atoms with Crippen LogP contribution in [0.1, 0.15) is 62.4 Å². The minimum atomic E-state index is -0.0327. The summed E-state index contributed by atoms with van der Waals surface area (Å²) in [5, 5.41) is 9.44. The second kappa shape index (κ2) is 12.4. The average Bonchev–Trinajstić information content (AvgIpc) is 2.60. The van der Waals surface area contributed by atoms with E-state index in [0.29, 0.717) is 18.7 Å². The van der Waals surface area contributed by atoms with E-state index in [1.807, 2.05) is 31.2 Å². The summed E-state index contributed by atoms with van der Waals surface area (Å²) in [5.74, 6) is 0.816. The number of benzene rings is 1. The third kappa shape index (κ3) is 7.99. The summed E-state index contributed by atoms with van der Waals surface area (Å²) >= 11 is 0. The molecule has 5 heteroatoms. The number of rotatable bonds is 10. The third-order valence-corrected chi connectivity index (χ3v) is 3.64. The molecule has 5 nitrogen and oxygen atoms in total. The van der Waals surface area contributed by atoms with Crippen molar-refractivity contribution in [3.63, 3.8) is 0 Å². The normalized spacial score (nSPS) is 11.2. The molecule has 0 atom stereocenters. The molecule has 0 bridgehead atoms.